The van der Waals surface area contributed by atoms with E-state index in [1.807, 2.05) is 41.5 Å². The first-order valence-corrected chi connectivity index (χ1v) is 11.2. The Labute approximate surface area is 156 Å². The first-order chi connectivity index (χ1) is 11.5. The van der Waals surface area contributed by atoms with Crippen LogP contribution in [0.5, 0.6) is 0 Å². The van der Waals surface area contributed by atoms with Crippen LogP contribution in [0.4, 0.5) is 0 Å². The molecule has 0 saturated heterocycles. The molecule has 0 heterocycles. The zero-order chi connectivity index (χ0) is 19.4. The maximum atomic E-state index is 12.8. The average molecular weight is 377 g/mol. The molecule has 0 unspecified atom stereocenters. The Morgan fingerprint density at radius 1 is 0.760 bits per heavy atom. The molecule has 0 N–H and O–H groups in total. The first kappa shape index (κ1) is 24.8. The van der Waals surface area contributed by atoms with Gasteiger partial charge in [-0.2, -0.15) is 0 Å². The molecule has 0 aromatic rings. The van der Waals surface area contributed by atoms with Crippen LogP contribution >= 0.6 is 7.82 Å². The van der Waals surface area contributed by atoms with E-state index in [2.05, 4.69) is 19.1 Å². The highest BCUT2D eigenvalue weighted by Crippen LogP contribution is 2.55. The van der Waals surface area contributed by atoms with Crippen LogP contribution in [0.25, 0.3) is 0 Å². The van der Waals surface area contributed by atoms with E-state index in [0.29, 0.717) is 6.61 Å². The van der Waals surface area contributed by atoms with Crippen molar-refractivity contribution >= 4 is 7.82 Å². The lowest BCUT2D eigenvalue weighted by molar-refractivity contribution is 0.00298. The van der Waals surface area contributed by atoms with E-state index in [1.165, 1.54) is 32.1 Å². The van der Waals surface area contributed by atoms with Crippen molar-refractivity contribution in [1.82, 2.24) is 0 Å². The number of allylic oxidation sites excluding steroid dienone is 2. The van der Waals surface area contributed by atoms with Gasteiger partial charge in [-0.3, -0.25) is 13.6 Å². The van der Waals surface area contributed by atoms with Crippen molar-refractivity contribution in [3.05, 3.63) is 12.2 Å². The van der Waals surface area contributed by atoms with Gasteiger partial charge in [-0.1, -0.05) is 44.8 Å². The standard InChI is InChI=1S/C20H41O4P/c1-8-9-10-11-12-13-14-15-16-17-18-22-25(21,23-19(2,3)4)24-20(5,6)7/h9-10H,8,11-18H2,1-7H3/b10-9+. The number of hydrogen-bond donors (Lipinski definition) is 0. The van der Waals surface area contributed by atoms with Gasteiger partial charge in [-0.25, -0.2) is 4.57 Å². The van der Waals surface area contributed by atoms with E-state index in [4.69, 9.17) is 13.6 Å². The van der Waals surface area contributed by atoms with Gasteiger partial charge < -0.3 is 0 Å². The fourth-order valence-electron chi connectivity index (χ4n) is 2.27. The lowest BCUT2D eigenvalue weighted by Gasteiger charge is -2.30. The van der Waals surface area contributed by atoms with E-state index in [0.717, 1.165) is 19.3 Å². The van der Waals surface area contributed by atoms with Gasteiger partial charge in [-0.15, -0.1) is 0 Å². The minimum absolute atomic E-state index is 0.405. The van der Waals surface area contributed by atoms with Gasteiger partial charge in [0.1, 0.15) is 0 Å². The maximum Gasteiger partial charge on any atom is 0.475 e. The Balaban J connectivity index is 3.99. The summed E-state index contributed by atoms with van der Waals surface area (Å²) in [6.07, 6.45) is 13.7. The minimum Gasteiger partial charge on any atom is -0.287 e. The van der Waals surface area contributed by atoms with Gasteiger partial charge in [-0.05, 0) is 67.2 Å². The third kappa shape index (κ3) is 17.0. The summed E-state index contributed by atoms with van der Waals surface area (Å²) in [5, 5.41) is 0. The summed E-state index contributed by atoms with van der Waals surface area (Å²) in [5.41, 5.74) is -1.15. The number of rotatable bonds is 13. The number of phosphoric ester groups is 1. The molecule has 0 radical (unpaired) electrons. The molecular formula is C20H41O4P. The quantitative estimate of drug-likeness (QED) is 0.190. The van der Waals surface area contributed by atoms with Crippen LogP contribution in [-0.4, -0.2) is 17.8 Å². The Kier molecular flexibility index (Phi) is 12.2. The second kappa shape index (κ2) is 12.3. The van der Waals surface area contributed by atoms with Crippen LogP contribution in [0.3, 0.4) is 0 Å². The van der Waals surface area contributed by atoms with Crippen molar-refractivity contribution in [2.75, 3.05) is 6.61 Å². The molecule has 0 aliphatic rings. The molecule has 25 heavy (non-hydrogen) atoms. The minimum atomic E-state index is -3.55. The summed E-state index contributed by atoms with van der Waals surface area (Å²) >= 11 is 0. The van der Waals surface area contributed by atoms with Gasteiger partial charge in [0.15, 0.2) is 0 Å². The molecule has 4 nitrogen and oxygen atoms in total. The molecule has 0 spiro atoms. The summed E-state index contributed by atoms with van der Waals surface area (Å²) in [5.74, 6) is 0. The molecule has 0 bridgehead atoms. The maximum absolute atomic E-state index is 12.8. The van der Waals surface area contributed by atoms with Crippen LogP contribution in [0.2, 0.25) is 0 Å². The van der Waals surface area contributed by atoms with Gasteiger partial charge in [0, 0.05) is 0 Å². The van der Waals surface area contributed by atoms with Gasteiger partial charge in [0.2, 0.25) is 0 Å². The molecule has 0 aromatic carbocycles. The molecule has 0 fully saturated rings. The van der Waals surface area contributed by atoms with Crippen molar-refractivity contribution in [3.63, 3.8) is 0 Å². The van der Waals surface area contributed by atoms with Gasteiger partial charge in [0.25, 0.3) is 0 Å². The third-order valence-corrected chi connectivity index (χ3v) is 5.23. The van der Waals surface area contributed by atoms with Crippen molar-refractivity contribution in [2.24, 2.45) is 0 Å². The van der Waals surface area contributed by atoms with Crippen LogP contribution in [-0.2, 0) is 18.1 Å². The van der Waals surface area contributed by atoms with Crippen LogP contribution < -0.4 is 0 Å². The largest absolute Gasteiger partial charge is 0.475 e. The third-order valence-electron chi connectivity index (χ3n) is 3.19. The average Bonchev–Trinajstić information content (AvgIpc) is 2.40. The molecular weight excluding hydrogens is 335 g/mol. The van der Waals surface area contributed by atoms with Crippen molar-refractivity contribution in [2.45, 2.75) is 111 Å². The topological polar surface area (TPSA) is 44.8 Å². The lowest BCUT2D eigenvalue weighted by Crippen LogP contribution is -2.24. The summed E-state index contributed by atoms with van der Waals surface area (Å²) in [6, 6.07) is 0. The number of unbranched alkanes of at least 4 members (excludes halogenated alkanes) is 6. The summed E-state index contributed by atoms with van der Waals surface area (Å²) in [4.78, 5) is 0. The highest BCUT2D eigenvalue weighted by atomic mass is 31.2. The van der Waals surface area contributed by atoms with Crippen LogP contribution in [0.15, 0.2) is 12.2 Å². The molecule has 5 heteroatoms. The van der Waals surface area contributed by atoms with E-state index in [-0.39, 0.29) is 0 Å². The molecule has 0 atom stereocenters. The van der Waals surface area contributed by atoms with Crippen LogP contribution in [0, 0.1) is 0 Å². The van der Waals surface area contributed by atoms with E-state index >= 15 is 0 Å². The van der Waals surface area contributed by atoms with E-state index in [1.54, 1.807) is 0 Å². The predicted molar refractivity (Wildman–Crippen MR) is 107 cm³/mol. The molecule has 0 rings (SSSR count). The SMILES string of the molecule is CC/C=C/CCCCCCCCOP(=O)(OC(C)(C)C)OC(C)(C)C. The molecule has 0 aliphatic heterocycles. The Morgan fingerprint density at radius 3 is 1.72 bits per heavy atom. The fraction of sp³-hybridized carbons (Fsp3) is 0.900. The zero-order valence-electron chi connectivity index (χ0n) is 17.6. The van der Waals surface area contributed by atoms with Crippen molar-refractivity contribution in [3.8, 4) is 0 Å². The summed E-state index contributed by atoms with van der Waals surface area (Å²) in [6.45, 7) is 13.7. The van der Waals surface area contributed by atoms with Gasteiger partial charge in [0.05, 0.1) is 17.8 Å². The normalized spacial score (nSPS) is 13.7. The number of phosphoric acid groups is 1. The summed E-state index contributed by atoms with van der Waals surface area (Å²) in [7, 11) is -3.55. The Bertz CT molecular complexity index is 385. The molecule has 0 aromatic heterocycles. The van der Waals surface area contributed by atoms with Gasteiger partial charge >= 0.3 is 7.82 Å². The highest BCUT2D eigenvalue weighted by Gasteiger charge is 2.36. The second-order valence-electron chi connectivity index (χ2n) is 8.48. The Morgan fingerprint density at radius 2 is 1.24 bits per heavy atom. The molecule has 150 valence electrons. The molecule has 0 saturated carbocycles. The summed E-state index contributed by atoms with van der Waals surface area (Å²) < 4.78 is 29.6. The predicted octanol–water partition coefficient (Wildman–Crippen LogP) is 7.44. The van der Waals surface area contributed by atoms with Crippen LogP contribution in [0.1, 0.15) is 99.8 Å². The smallest absolute Gasteiger partial charge is 0.287 e. The molecule has 0 aliphatic carbocycles. The highest BCUT2D eigenvalue weighted by molar-refractivity contribution is 7.48. The Hall–Kier alpha value is -0.150. The fourth-order valence-corrected chi connectivity index (χ4v) is 4.11. The monoisotopic (exact) mass is 376 g/mol. The van der Waals surface area contributed by atoms with Crippen molar-refractivity contribution < 1.29 is 18.1 Å². The van der Waals surface area contributed by atoms with E-state index < -0.39 is 19.0 Å². The number of hydrogen-bond acceptors (Lipinski definition) is 4. The molecule has 0 amide bonds. The first-order valence-electron chi connectivity index (χ1n) is 9.78. The second-order valence-corrected chi connectivity index (χ2v) is 10.00. The van der Waals surface area contributed by atoms with E-state index in [9.17, 15) is 4.57 Å². The lowest BCUT2D eigenvalue weighted by atomic mass is 10.1. The van der Waals surface area contributed by atoms with Crippen molar-refractivity contribution in [1.29, 1.82) is 0 Å². The zero-order valence-corrected chi connectivity index (χ0v) is 18.5.